The van der Waals surface area contributed by atoms with Crippen LogP contribution in [0.25, 0.3) is 38.8 Å². The fourth-order valence-corrected chi connectivity index (χ4v) is 7.57. The normalized spacial score (nSPS) is 17.4. The van der Waals surface area contributed by atoms with E-state index in [1.165, 1.54) is 59.1 Å². The van der Waals surface area contributed by atoms with E-state index in [9.17, 15) is 0 Å². The number of benzene rings is 2. The zero-order valence-electron chi connectivity index (χ0n) is 20.4. The number of hydrogen-bond acceptors (Lipinski definition) is 1. The van der Waals surface area contributed by atoms with Gasteiger partial charge in [0.1, 0.15) is 0 Å². The van der Waals surface area contributed by atoms with Gasteiger partial charge in [0.05, 0.1) is 22.6 Å². The van der Waals surface area contributed by atoms with Crippen LogP contribution in [0.1, 0.15) is 34.3 Å². The number of fused-ring (bicyclic) bond motifs is 13. The molecule has 3 nitrogen and oxygen atoms in total. The molecule has 0 saturated carbocycles. The second kappa shape index (κ2) is 7.93. The molecule has 2 atom stereocenters. The molecular formula is C33H24IN3+2. The lowest BCUT2D eigenvalue weighted by molar-refractivity contribution is -0.724. The van der Waals surface area contributed by atoms with Crippen LogP contribution in [0, 0.1) is 10.5 Å². The third-order valence-electron chi connectivity index (χ3n) is 8.31. The summed E-state index contributed by atoms with van der Waals surface area (Å²) in [6, 6.07) is 31.2. The lowest BCUT2D eigenvalue weighted by atomic mass is 9.84. The topological polar surface area (TPSA) is 20.9 Å². The van der Waals surface area contributed by atoms with Gasteiger partial charge in [0, 0.05) is 39.1 Å². The lowest BCUT2D eigenvalue weighted by Crippen LogP contribution is -2.49. The maximum absolute atomic E-state index is 4.72. The fraction of sp³-hybridized carbons (Fsp3) is 0.121. The summed E-state index contributed by atoms with van der Waals surface area (Å²) in [5.41, 5.74) is 11.7. The second-order valence-corrected chi connectivity index (χ2v) is 11.4. The zero-order valence-corrected chi connectivity index (χ0v) is 22.6. The van der Waals surface area contributed by atoms with Crippen LogP contribution >= 0.6 is 22.6 Å². The van der Waals surface area contributed by atoms with E-state index < -0.39 is 0 Å². The van der Waals surface area contributed by atoms with Crippen molar-refractivity contribution < 1.29 is 8.97 Å². The molecule has 2 unspecified atom stereocenters. The van der Waals surface area contributed by atoms with Gasteiger partial charge in [-0.05, 0) is 82.8 Å². The predicted octanol–water partition coefficient (Wildman–Crippen LogP) is 6.75. The summed E-state index contributed by atoms with van der Waals surface area (Å²) in [6.07, 6.45) is 7.54. The molecule has 1 aliphatic carbocycles. The molecule has 0 fully saturated rings. The van der Waals surface area contributed by atoms with Crippen molar-refractivity contribution in [1.82, 2.24) is 4.98 Å². The Balaban J connectivity index is 1.53. The largest absolute Gasteiger partial charge is 0.261 e. The molecule has 8 rings (SSSR count). The molecule has 4 heteroatoms. The predicted molar refractivity (Wildman–Crippen MR) is 154 cm³/mol. The van der Waals surface area contributed by atoms with E-state index in [2.05, 4.69) is 130 Å². The molecule has 6 aromatic rings. The smallest absolute Gasteiger partial charge is 0.256 e. The highest BCUT2D eigenvalue weighted by molar-refractivity contribution is 14.1. The molecular weight excluding hydrogens is 565 g/mol. The van der Waals surface area contributed by atoms with E-state index in [1.54, 1.807) is 0 Å². The SMILES string of the molecule is Cc1cc2c3c(I)cccc3c3c([n+]2cc1-c1ccccn1)C1C(C3)c2ccccc2-c2cccc[n+]21. The van der Waals surface area contributed by atoms with E-state index in [-0.39, 0.29) is 6.04 Å². The molecule has 1 aliphatic heterocycles. The molecule has 2 aliphatic rings. The summed E-state index contributed by atoms with van der Waals surface area (Å²) < 4.78 is 6.31. The summed E-state index contributed by atoms with van der Waals surface area (Å²) in [5, 5.41) is 2.74. The molecule has 5 heterocycles. The number of nitrogens with zero attached hydrogens (tertiary/aromatic N) is 3. The first kappa shape index (κ1) is 21.4. The van der Waals surface area contributed by atoms with Gasteiger partial charge in [-0.25, -0.2) is 0 Å². The fourth-order valence-electron chi connectivity index (χ4n) is 6.80. The van der Waals surface area contributed by atoms with Gasteiger partial charge in [-0.2, -0.15) is 8.97 Å². The van der Waals surface area contributed by atoms with Gasteiger partial charge in [0.25, 0.3) is 5.69 Å². The Bertz CT molecular complexity index is 1890. The van der Waals surface area contributed by atoms with Crippen LogP contribution in [0.5, 0.6) is 0 Å². The van der Waals surface area contributed by atoms with Crippen molar-refractivity contribution in [2.45, 2.75) is 25.3 Å². The Morgan fingerprint density at radius 1 is 0.892 bits per heavy atom. The Labute approximate surface area is 229 Å². The van der Waals surface area contributed by atoms with Crippen molar-refractivity contribution in [2.75, 3.05) is 0 Å². The van der Waals surface area contributed by atoms with Crippen LogP contribution < -0.4 is 8.97 Å². The van der Waals surface area contributed by atoms with E-state index in [1.807, 2.05) is 12.3 Å². The molecule has 0 radical (unpaired) electrons. The number of hydrogen-bond donors (Lipinski definition) is 0. The van der Waals surface area contributed by atoms with Crippen LogP contribution in [0.15, 0.2) is 104 Å². The molecule has 0 spiro atoms. The summed E-state index contributed by atoms with van der Waals surface area (Å²) in [7, 11) is 0. The van der Waals surface area contributed by atoms with Crippen molar-refractivity contribution in [1.29, 1.82) is 0 Å². The minimum Gasteiger partial charge on any atom is -0.256 e. The first-order chi connectivity index (χ1) is 18.2. The van der Waals surface area contributed by atoms with Crippen molar-refractivity contribution in [3.63, 3.8) is 0 Å². The van der Waals surface area contributed by atoms with Crippen molar-refractivity contribution in [3.8, 4) is 22.5 Å². The average Bonchev–Trinajstić information content (AvgIpc) is 3.35. The highest BCUT2D eigenvalue weighted by Gasteiger charge is 2.52. The van der Waals surface area contributed by atoms with Gasteiger partial charge in [-0.15, -0.1) is 0 Å². The third kappa shape index (κ3) is 2.96. The van der Waals surface area contributed by atoms with Crippen LogP contribution in [-0.4, -0.2) is 4.98 Å². The summed E-state index contributed by atoms with van der Waals surface area (Å²) in [6.45, 7) is 2.21. The minimum atomic E-state index is 0.232. The lowest BCUT2D eigenvalue weighted by Gasteiger charge is -2.24. The maximum atomic E-state index is 4.72. The molecule has 0 saturated heterocycles. The minimum absolute atomic E-state index is 0.232. The van der Waals surface area contributed by atoms with Crippen molar-refractivity contribution in [3.05, 3.63) is 129 Å². The number of aromatic nitrogens is 3. The summed E-state index contributed by atoms with van der Waals surface area (Å²) in [5.74, 6) is 0.393. The summed E-state index contributed by atoms with van der Waals surface area (Å²) >= 11 is 2.51. The quantitative estimate of drug-likeness (QED) is 0.118. The molecule has 176 valence electrons. The maximum Gasteiger partial charge on any atom is 0.261 e. The van der Waals surface area contributed by atoms with Crippen LogP contribution in [0.3, 0.4) is 0 Å². The van der Waals surface area contributed by atoms with Gasteiger partial charge in [0.2, 0.25) is 17.3 Å². The van der Waals surface area contributed by atoms with Crippen molar-refractivity contribution >= 4 is 38.9 Å². The number of pyridine rings is 4. The Morgan fingerprint density at radius 3 is 2.65 bits per heavy atom. The molecule has 0 bridgehead atoms. The van der Waals surface area contributed by atoms with Crippen LogP contribution in [0.4, 0.5) is 0 Å². The number of rotatable bonds is 1. The highest BCUT2D eigenvalue weighted by Crippen LogP contribution is 2.49. The third-order valence-corrected chi connectivity index (χ3v) is 9.21. The molecule has 0 N–H and O–H groups in total. The Hall–Kier alpha value is -3.64. The van der Waals surface area contributed by atoms with Gasteiger partial charge < -0.3 is 0 Å². The molecule has 2 aromatic carbocycles. The van der Waals surface area contributed by atoms with Gasteiger partial charge in [-0.1, -0.05) is 36.4 Å². The standard InChI is InChI=1S/C33H24IN3/c1-20-17-30-31-23(11-8-12-27(31)34)25-18-24-21-9-2-3-10-22(21)29-14-5-7-16-36(29)32(24)33(25)37(30)19-26(20)28-13-4-6-15-35-28/h2-17,19,24,32H,18H2,1H3/q+2. The molecule has 4 aromatic heterocycles. The van der Waals surface area contributed by atoms with E-state index >= 15 is 0 Å². The number of aryl methyl sites for hydroxylation is 1. The Morgan fingerprint density at radius 2 is 1.76 bits per heavy atom. The monoisotopic (exact) mass is 589 g/mol. The summed E-state index contributed by atoms with van der Waals surface area (Å²) in [4.78, 5) is 4.72. The van der Waals surface area contributed by atoms with Gasteiger partial charge in [-0.3, -0.25) is 4.98 Å². The highest BCUT2D eigenvalue weighted by atomic mass is 127. The van der Waals surface area contributed by atoms with E-state index in [0.29, 0.717) is 5.92 Å². The van der Waals surface area contributed by atoms with Gasteiger partial charge >= 0.3 is 0 Å². The van der Waals surface area contributed by atoms with E-state index in [4.69, 9.17) is 4.98 Å². The van der Waals surface area contributed by atoms with Crippen LogP contribution in [0.2, 0.25) is 0 Å². The Kier molecular flexibility index (Phi) is 4.59. The second-order valence-electron chi connectivity index (χ2n) is 10.2. The van der Waals surface area contributed by atoms with Gasteiger partial charge in [0.15, 0.2) is 12.4 Å². The molecule has 37 heavy (non-hydrogen) atoms. The number of halogens is 1. The van der Waals surface area contributed by atoms with Crippen LogP contribution in [-0.2, 0) is 6.42 Å². The van der Waals surface area contributed by atoms with Crippen molar-refractivity contribution in [2.24, 2.45) is 0 Å². The average molecular weight is 589 g/mol. The first-order valence-electron chi connectivity index (χ1n) is 12.8. The zero-order chi connectivity index (χ0) is 24.7. The van der Waals surface area contributed by atoms with E-state index in [0.717, 1.165) is 12.1 Å². The first-order valence-corrected chi connectivity index (χ1v) is 13.9. The molecule has 0 amide bonds.